The predicted octanol–water partition coefficient (Wildman–Crippen LogP) is 1.83. The summed E-state index contributed by atoms with van der Waals surface area (Å²) in [5.74, 6) is -0.267. The summed E-state index contributed by atoms with van der Waals surface area (Å²) in [6.45, 7) is 4.25. The zero-order valence-corrected chi connectivity index (χ0v) is 15.2. The number of carbonyl (C=O) groups is 2. The Morgan fingerprint density at radius 1 is 1.19 bits per heavy atom. The number of carbonyl (C=O) groups excluding carboxylic acids is 1. The molecular weight excluding hydrogens is 334 g/mol. The maximum Gasteiger partial charge on any atom is 0.315 e. The van der Waals surface area contributed by atoms with E-state index in [1.54, 1.807) is 0 Å². The molecule has 3 N–H and O–H groups in total. The Morgan fingerprint density at radius 2 is 1.88 bits per heavy atom. The van der Waals surface area contributed by atoms with E-state index in [9.17, 15) is 9.59 Å². The van der Waals surface area contributed by atoms with Gasteiger partial charge in [0.1, 0.15) is 0 Å². The van der Waals surface area contributed by atoms with Crippen LogP contribution < -0.4 is 15.5 Å². The highest BCUT2D eigenvalue weighted by Gasteiger charge is 2.26. The monoisotopic (exact) mass is 361 g/mol. The molecule has 1 aromatic rings. The van der Waals surface area contributed by atoms with Crippen molar-refractivity contribution in [1.29, 1.82) is 0 Å². The third-order valence-electron chi connectivity index (χ3n) is 5.13. The van der Waals surface area contributed by atoms with Gasteiger partial charge in [0, 0.05) is 24.8 Å². The number of nitrogens with one attached hydrogen (secondary N) is 2. The minimum absolute atomic E-state index is 0.0397. The fourth-order valence-corrected chi connectivity index (χ4v) is 3.66. The Kier molecular flexibility index (Phi) is 5.90. The van der Waals surface area contributed by atoms with E-state index in [1.165, 1.54) is 0 Å². The van der Waals surface area contributed by atoms with Gasteiger partial charge in [-0.1, -0.05) is 0 Å². The fraction of sp³-hybridized carbons (Fsp3) is 0.667. The number of aliphatic carboxylic acids is 1. The number of hydrogen-bond acceptors (Lipinski definition) is 5. The van der Waals surface area contributed by atoms with E-state index in [0.717, 1.165) is 43.3 Å². The lowest BCUT2D eigenvalue weighted by atomic mass is 9.86. The summed E-state index contributed by atoms with van der Waals surface area (Å²) < 4.78 is 0. The van der Waals surface area contributed by atoms with Gasteiger partial charge in [-0.2, -0.15) is 0 Å². The summed E-state index contributed by atoms with van der Waals surface area (Å²) in [6.07, 6.45) is 4.97. The van der Waals surface area contributed by atoms with E-state index in [2.05, 4.69) is 25.5 Å². The van der Waals surface area contributed by atoms with Crippen LogP contribution >= 0.6 is 0 Å². The highest BCUT2D eigenvalue weighted by molar-refractivity contribution is 5.74. The normalized spacial score (nSPS) is 22.9. The molecule has 8 heteroatoms. The molecule has 0 radical (unpaired) electrons. The number of carboxylic acids is 1. The number of carboxylic acid groups (broad SMARTS) is 1. The molecule has 3 rings (SSSR count). The molecule has 1 saturated heterocycles. The first-order valence-electron chi connectivity index (χ1n) is 9.38. The molecular formula is C18H27N5O3. The molecule has 0 aromatic carbocycles. The molecule has 1 aromatic heterocycles. The molecule has 1 aliphatic heterocycles. The first-order valence-corrected chi connectivity index (χ1v) is 9.38. The molecule has 2 fully saturated rings. The Bertz CT molecular complexity index is 652. The third-order valence-corrected chi connectivity index (χ3v) is 5.13. The minimum atomic E-state index is -0.735. The summed E-state index contributed by atoms with van der Waals surface area (Å²) in [5.41, 5.74) is 1.69. The number of aryl methyl sites for hydroxylation is 1. The highest BCUT2D eigenvalue weighted by atomic mass is 16.4. The zero-order chi connectivity index (χ0) is 18.5. The lowest BCUT2D eigenvalue weighted by Crippen LogP contribution is -2.44. The lowest BCUT2D eigenvalue weighted by molar-refractivity contribution is -0.142. The summed E-state index contributed by atoms with van der Waals surface area (Å²) >= 11 is 0. The van der Waals surface area contributed by atoms with Crippen molar-refractivity contribution in [3.63, 3.8) is 0 Å². The van der Waals surface area contributed by atoms with Crippen LogP contribution in [0, 0.1) is 12.8 Å². The summed E-state index contributed by atoms with van der Waals surface area (Å²) in [6, 6.07) is 1.69. The van der Waals surface area contributed by atoms with Crippen molar-refractivity contribution in [2.24, 2.45) is 5.92 Å². The minimum Gasteiger partial charge on any atom is -0.481 e. The van der Waals surface area contributed by atoms with Gasteiger partial charge in [-0.15, -0.1) is 0 Å². The Balaban J connectivity index is 1.48. The standard InChI is InChI=1S/C18H27N5O3/c1-12-10-15(21-17(20-12)23-8-2-3-9-23)11-19-18(26)22-14-6-4-13(5-7-14)16(24)25/h10,13-14H,2-9,11H2,1H3,(H,24,25)(H2,19,22,26). The number of amides is 2. The van der Waals surface area contributed by atoms with Crippen molar-refractivity contribution < 1.29 is 14.7 Å². The molecule has 8 nitrogen and oxygen atoms in total. The SMILES string of the molecule is Cc1cc(CNC(=O)NC2CCC(C(=O)O)CC2)nc(N2CCCC2)n1. The van der Waals surface area contributed by atoms with Crippen LogP contribution in [0.4, 0.5) is 10.7 Å². The second kappa shape index (κ2) is 8.33. The van der Waals surface area contributed by atoms with Gasteiger partial charge < -0.3 is 20.6 Å². The van der Waals surface area contributed by atoms with Crippen LogP contribution in [-0.2, 0) is 11.3 Å². The van der Waals surface area contributed by atoms with Crippen LogP contribution in [0.5, 0.6) is 0 Å². The molecule has 1 saturated carbocycles. The van der Waals surface area contributed by atoms with Gasteiger partial charge in [0.25, 0.3) is 0 Å². The van der Waals surface area contributed by atoms with Gasteiger partial charge >= 0.3 is 12.0 Å². The maximum absolute atomic E-state index is 12.1. The second-order valence-electron chi connectivity index (χ2n) is 7.21. The van der Waals surface area contributed by atoms with Crippen molar-refractivity contribution in [3.05, 3.63) is 17.5 Å². The number of urea groups is 1. The highest BCUT2D eigenvalue weighted by Crippen LogP contribution is 2.24. The van der Waals surface area contributed by atoms with Crippen LogP contribution in [0.3, 0.4) is 0 Å². The second-order valence-corrected chi connectivity index (χ2v) is 7.21. The average molecular weight is 361 g/mol. The molecule has 0 atom stereocenters. The molecule has 26 heavy (non-hydrogen) atoms. The molecule has 2 heterocycles. The summed E-state index contributed by atoms with van der Waals surface area (Å²) in [5, 5.41) is 14.8. The Morgan fingerprint density at radius 3 is 2.54 bits per heavy atom. The Labute approximate surface area is 153 Å². The van der Waals surface area contributed by atoms with E-state index in [1.807, 2.05) is 13.0 Å². The van der Waals surface area contributed by atoms with Gasteiger partial charge in [0.05, 0.1) is 18.2 Å². The van der Waals surface area contributed by atoms with Gasteiger partial charge in [-0.3, -0.25) is 4.79 Å². The van der Waals surface area contributed by atoms with Crippen molar-refractivity contribution in [2.75, 3.05) is 18.0 Å². The van der Waals surface area contributed by atoms with Crippen LogP contribution in [0.15, 0.2) is 6.07 Å². The van der Waals surface area contributed by atoms with Gasteiger partial charge in [0.2, 0.25) is 5.95 Å². The number of rotatable bonds is 5. The number of anilines is 1. The van der Waals surface area contributed by atoms with Crippen molar-refractivity contribution in [2.45, 2.75) is 58.0 Å². The topological polar surface area (TPSA) is 107 Å². The van der Waals surface area contributed by atoms with E-state index in [0.29, 0.717) is 32.2 Å². The predicted molar refractivity (Wildman–Crippen MR) is 97.0 cm³/mol. The third kappa shape index (κ3) is 4.83. The van der Waals surface area contributed by atoms with E-state index < -0.39 is 5.97 Å². The number of hydrogen-bond donors (Lipinski definition) is 3. The maximum atomic E-state index is 12.1. The Hall–Kier alpha value is -2.38. The fourth-order valence-electron chi connectivity index (χ4n) is 3.66. The van der Waals surface area contributed by atoms with Crippen molar-refractivity contribution in [3.8, 4) is 0 Å². The van der Waals surface area contributed by atoms with Crippen molar-refractivity contribution >= 4 is 17.9 Å². The molecule has 2 aliphatic rings. The smallest absolute Gasteiger partial charge is 0.315 e. The van der Waals surface area contributed by atoms with Crippen LogP contribution in [0.1, 0.15) is 49.9 Å². The van der Waals surface area contributed by atoms with Gasteiger partial charge in [-0.05, 0) is 51.5 Å². The largest absolute Gasteiger partial charge is 0.481 e. The first kappa shape index (κ1) is 18.4. The molecule has 1 aliphatic carbocycles. The summed E-state index contributed by atoms with van der Waals surface area (Å²) in [4.78, 5) is 34.4. The zero-order valence-electron chi connectivity index (χ0n) is 15.2. The number of nitrogens with zero attached hydrogens (tertiary/aromatic N) is 3. The van der Waals surface area contributed by atoms with Gasteiger partial charge in [-0.25, -0.2) is 14.8 Å². The molecule has 142 valence electrons. The summed E-state index contributed by atoms with van der Waals surface area (Å²) in [7, 11) is 0. The van der Waals surface area contributed by atoms with Gasteiger partial charge in [0.15, 0.2) is 0 Å². The molecule has 0 unspecified atom stereocenters. The van der Waals surface area contributed by atoms with E-state index in [-0.39, 0.29) is 18.0 Å². The van der Waals surface area contributed by atoms with Crippen molar-refractivity contribution in [1.82, 2.24) is 20.6 Å². The molecule has 0 bridgehead atoms. The quantitative estimate of drug-likeness (QED) is 0.738. The average Bonchev–Trinajstić information content (AvgIpc) is 3.15. The van der Waals surface area contributed by atoms with Crippen LogP contribution in [0.2, 0.25) is 0 Å². The molecule has 2 amide bonds. The van der Waals surface area contributed by atoms with E-state index >= 15 is 0 Å². The van der Waals surface area contributed by atoms with E-state index in [4.69, 9.17) is 5.11 Å². The van der Waals surface area contributed by atoms with Crippen LogP contribution in [-0.4, -0.2) is 46.2 Å². The first-order chi connectivity index (χ1) is 12.5. The lowest BCUT2D eigenvalue weighted by Gasteiger charge is -2.26. The van der Waals surface area contributed by atoms with Crippen LogP contribution in [0.25, 0.3) is 0 Å². The molecule has 0 spiro atoms. The number of aromatic nitrogens is 2.